The van der Waals surface area contributed by atoms with Gasteiger partial charge in [-0.2, -0.15) is 11.8 Å². The van der Waals surface area contributed by atoms with E-state index in [-0.39, 0.29) is 5.91 Å². The Morgan fingerprint density at radius 2 is 1.93 bits per heavy atom. The first-order chi connectivity index (χ1) is 13.7. The lowest BCUT2D eigenvalue weighted by atomic mass is 10.0. The third-order valence-corrected chi connectivity index (χ3v) is 6.90. The fourth-order valence-electron chi connectivity index (χ4n) is 3.77. The van der Waals surface area contributed by atoms with Gasteiger partial charge < -0.3 is 9.73 Å². The molecule has 0 spiro atoms. The summed E-state index contributed by atoms with van der Waals surface area (Å²) in [5, 5.41) is 5.37. The number of nitrogens with one attached hydrogen (secondary N) is 1. The van der Waals surface area contributed by atoms with E-state index >= 15 is 0 Å². The van der Waals surface area contributed by atoms with Crippen LogP contribution >= 0.6 is 23.4 Å². The van der Waals surface area contributed by atoms with Crippen LogP contribution in [-0.4, -0.2) is 11.2 Å². The minimum atomic E-state index is -0.171. The minimum Gasteiger partial charge on any atom is -0.451 e. The third kappa shape index (κ3) is 4.56. The van der Waals surface area contributed by atoms with Crippen molar-refractivity contribution in [3.8, 4) is 0 Å². The lowest BCUT2D eigenvalue weighted by Crippen LogP contribution is -2.23. The highest BCUT2D eigenvalue weighted by molar-refractivity contribution is 7.99. The molecule has 3 nitrogen and oxygen atoms in total. The van der Waals surface area contributed by atoms with Crippen LogP contribution in [-0.2, 0) is 12.3 Å². The number of para-hydroxylation sites is 1. The molecule has 0 atom stereocenters. The Kier molecular flexibility index (Phi) is 6.28. The second kappa shape index (κ2) is 9.06. The largest absolute Gasteiger partial charge is 0.451 e. The second-order valence-corrected chi connectivity index (χ2v) is 9.01. The molecule has 146 valence electrons. The monoisotopic (exact) mass is 413 g/mol. The molecule has 4 rings (SSSR count). The number of hydrogen-bond acceptors (Lipinski definition) is 3. The molecule has 1 N–H and O–H groups in total. The Morgan fingerprint density at radius 1 is 1.11 bits per heavy atom. The molecule has 1 heterocycles. The van der Waals surface area contributed by atoms with Crippen LogP contribution in [0, 0.1) is 0 Å². The molecule has 1 aliphatic carbocycles. The van der Waals surface area contributed by atoms with Gasteiger partial charge in [0.2, 0.25) is 0 Å². The molecule has 0 radical (unpaired) electrons. The average Bonchev–Trinajstić information content (AvgIpc) is 3.10. The minimum absolute atomic E-state index is 0.171. The maximum absolute atomic E-state index is 12.9. The maximum Gasteiger partial charge on any atom is 0.287 e. The van der Waals surface area contributed by atoms with E-state index in [0.29, 0.717) is 22.6 Å². The van der Waals surface area contributed by atoms with E-state index in [2.05, 4.69) is 5.32 Å². The number of halogens is 1. The summed E-state index contributed by atoms with van der Waals surface area (Å²) >= 11 is 8.00. The van der Waals surface area contributed by atoms with Crippen LogP contribution in [0.2, 0.25) is 5.02 Å². The molecule has 0 aliphatic heterocycles. The number of fused-ring (bicyclic) bond motifs is 1. The van der Waals surface area contributed by atoms with Crippen molar-refractivity contribution in [2.75, 3.05) is 0 Å². The van der Waals surface area contributed by atoms with Crippen LogP contribution in [0.5, 0.6) is 0 Å². The van der Waals surface area contributed by atoms with E-state index in [1.807, 2.05) is 60.3 Å². The van der Waals surface area contributed by atoms with E-state index in [0.717, 1.165) is 27.8 Å². The van der Waals surface area contributed by atoms with Gasteiger partial charge >= 0.3 is 0 Å². The van der Waals surface area contributed by atoms with Gasteiger partial charge in [-0.25, -0.2) is 0 Å². The summed E-state index contributed by atoms with van der Waals surface area (Å²) in [6.07, 6.45) is 6.53. The van der Waals surface area contributed by atoms with Crippen molar-refractivity contribution in [3.05, 3.63) is 70.4 Å². The lowest BCUT2D eigenvalue weighted by molar-refractivity contribution is 0.0924. The van der Waals surface area contributed by atoms with Crippen molar-refractivity contribution in [1.29, 1.82) is 0 Å². The number of hydrogen-bond donors (Lipinski definition) is 1. The Labute approximate surface area is 174 Å². The molecular weight excluding hydrogens is 390 g/mol. The van der Waals surface area contributed by atoms with Crippen LogP contribution < -0.4 is 5.32 Å². The number of carbonyl (C=O) groups excluding carboxylic acids is 1. The fourth-order valence-corrected chi connectivity index (χ4v) is 5.34. The van der Waals surface area contributed by atoms with Crippen molar-refractivity contribution < 1.29 is 9.21 Å². The Hall–Kier alpha value is -1.91. The number of benzene rings is 2. The lowest BCUT2D eigenvalue weighted by Gasteiger charge is -2.20. The highest BCUT2D eigenvalue weighted by atomic mass is 35.5. The summed E-state index contributed by atoms with van der Waals surface area (Å²) in [6.45, 7) is 0.422. The number of thioether (sulfide) groups is 1. The van der Waals surface area contributed by atoms with Gasteiger partial charge in [-0.3, -0.25) is 4.79 Å². The summed E-state index contributed by atoms with van der Waals surface area (Å²) in [6, 6.07) is 15.4. The van der Waals surface area contributed by atoms with E-state index in [9.17, 15) is 4.79 Å². The first-order valence-corrected chi connectivity index (χ1v) is 11.3. The van der Waals surface area contributed by atoms with Crippen LogP contribution in [0.15, 0.2) is 52.9 Å². The van der Waals surface area contributed by atoms with E-state index < -0.39 is 0 Å². The van der Waals surface area contributed by atoms with Gasteiger partial charge in [0.15, 0.2) is 5.76 Å². The highest BCUT2D eigenvalue weighted by Crippen LogP contribution is 2.35. The first-order valence-electron chi connectivity index (χ1n) is 9.85. The van der Waals surface area contributed by atoms with Crippen LogP contribution in [0.3, 0.4) is 0 Å². The number of amides is 1. The van der Waals surface area contributed by atoms with Gasteiger partial charge in [-0.05, 0) is 36.6 Å². The van der Waals surface area contributed by atoms with Crippen LogP contribution in [0.4, 0.5) is 0 Å². The molecule has 0 saturated heterocycles. The van der Waals surface area contributed by atoms with Gasteiger partial charge in [-0.1, -0.05) is 61.2 Å². The Balaban J connectivity index is 1.52. The van der Waals surface area contributed by atoms with E-state index in [4.69, 9.17) is 16.0 Å². The summed E-state index contributed by atoms with van der Waals surface area (Å²) in [5.74, 6) is 1.07. The first kappa shape index (κ1) is 19.4. The number of furan rings is 1. The zero-order valence-corrected chi connectivity index (χ0v) is 17.3. The van der Waals surface area contributed by atoms with Crippen molar-refractivity contribution in [2.24, 2.45) is 0 Å². The third-order valence-electron chi connectivity index (χ3n) is 5.26. The van der Waals surface area contributed by atoms with Crippen LogP contribution in [0.25, 0.3) is 11.0 Å². The molecule has 5 heteroatoms. The van der Waals surface area contributed by atoms with Gasteiger partial charge in [0.1, 0.15) is 5.58 Å². The molecule has 2 aromatic carbocycles. The Bertz CT molecular complexity index is 962. The summed E-state index contributed by atoms with van der Waals surface area (Å²) in [7, 11) is 0. The van der Waals surface area contributed by atoms with Crippen molar-refractivity contribution in [3.63, 3.8) is 0 Å². The van der Waals surface area contributed by atoms with E-state index in [1.165, 1.54) is 32.1 Å². The highest BCUT2D eigenvalue weighted by Gasteiger charge is 2.22. The number of carbonyl (C=O) groups is 1. The van der Waals surface area contributed by atoms with Gasteiger partial charge in [0.25, 0.3) is 5.91 Å². The zero-order valence-electron chi connectivity index (χ0n) is 15.7. The van der Waals surface area contributed by atoms with Gasteiger partial charge in [-0.15, -0.1) is 0 Å². The van der Waals surface area contributed by atoms with Crippen molar-refractivity contribution in [2.45, 2.75) is 49.7 Å². The predicted octanol–water partition coefficient (Wildman–Crippen LogP) is 6.58. The van der Waals surface area contributed by atoms with Crippen molar-refractivity contribution >= 4 is 40.2 Å². The SMILES string of the molecule is O=C(NCc1cccc(Cl)c1)c1oc2ccccc2c1CSC1CCCCC1. The molecule has 1 saturated carbocycles. The molecule has 1 aromatic heterocycles. The molecule has 28 heavy (non-hydrogen) atoms. The molecule has 1 amide bonds. The second-order valence-electron chi connectivity index (χ2n) is 7.29. The molecule has 1 fully saturated rings. The molecule has 1 aliphatic rings. The molecule has 0 unspecified atom stereocenters. The van der Waals surface area contributed by atoms with Gasteiger partial charge in [0.05, 0.1) is 0 Å². The smallest absolute Gasteiger partial charge is 0.287 e. The van der Waals surface area contributed by atoms with E-state index in [1.54, 1.807) is 0 Å². The topological polar surface area (TPSA) is 42.2 Å². The summed E-state index contributed by atoms with van der Waals surface area (Å²) in [5.41, 5.74) is 2.75. The predicted molar refractivity (Wildman–Crippen MR) is 117 cm³/mol. The zero-order chi connectivity index (χ0) is 19.3. The Morgan fingerprint density at radius 3 is 2.75 bits per heavy atom. The number of rotatable bonds is 6. The quantitative estimate of drug-likeness (QED) is 0.496. The normalized spacial score (nSPS) is 15.0. The molecule has 0 bridgehead atoms. The molecular formula is C23H24ClNO2S. The van der Waals surface area contributed by atoms with Gasteiger partial charge in [0, 0.05) is 33.5 Å². The fraction of sp³-hybridized carbons (Fsp3) is 0.348. The van der Waals surface area contributed by atoms with Crippen molar-refractivity contribution in [1.82, 2.24) is 5.32 Å². The standard InChI is InChI=1S/C23H24ClNO2S/c24-17-8-6-7-16(13-17)14-25-23(26)22-20(15-28-18-9-2-1-3-10-18)19-11-4-5-12-21(19)27-22/h4-8,11-13,18H,1-3,9-10,14-15H2,(H,25,26). The molecule has 3 aromatic rings. The maximum atomic E-state index is 12.9. The van der Waals surface area contributed by atoms with Crippen LogP contribution in [0.1, 0.15) is 53.8 Å². The summed E-state index contributed by atoms with van der Waals surface area (Å²) < 4.78 is 5.96. The summed E-state index contributed by atoms with van der Waals surface area (Å²) in [4.78, 5) is 12.9. The average molecular weight is 414 g/mol.